The lowest BCUT2D eigenvalue weighted by Gasteiger charge is -2.22. The van der Waals surface area contributed by atoms with Crippen LogP contribution in [0.1, 0.15) is 264 Å². The van der Waals surface area contributed by atoms with Gasteiger partial charge >= 0.3 is 12.1 Å². The number of unbranched alkanes of at least 4 members (excludes halogenated alkanes) is 28. The van der Waals surface area contributed by atoms with Gasteiger partial charge in [-0.25, -0.2) is 4.79 Å². The molecule has 10 nitrogen and oxygen atoms in total. The van der Waals surface area contributed by atoms with Gasteiger partial charge in [0, 0.05) is 44.0 Å². The molecule has 1 amide bonds. The van der Waals surface area contributed by atoms with E-state index in [2.05, 4.69) is 48.4 Å². The molecule has 0 unspecified atom stereocenters. The molecule has 1 saturated heterocycles. The SMILES string of the molecule is CCCCCCCC/C=C\CCCCCCCCCCCN(CCCCOC(=O)CCCCCCC/C=C\CCCCCCCC)C(=O)OCCSSCCNC.O=CCCCN1CCCCCC1.O=CO. The maximum Gasteiger partial charge on any atom is 0.409 e. The summed E-state index contributed by atoms with van der Waals surface area (Å²) in [4.78, 5) is 48.1. The molecule has 0 atom stereocenters. The van der Waals surface area contributed by atoms with Crippen LogP contribution in [0.5, 0.6) is 0 Å². The van der Waals surface area contributed by atoms with Crippen LogP contribution in [0.4, 0.5) is 4.79 Å². The van der Waals surface area contributed by atoms with Crippen LogP contribution in [0.2, 0.25) is 0 Å². The molecule has 0 aromatic rings. The Labute approximate surface area is 452 Å². The number of rotatable bonds is 50. The highest BCUT2D eigenvalue weighted by Crippen LogP contribution is 2.20. The van der Waals surface area contributed by atoms with Gasteiger partial charge in [0.2, 0.25) is 0 Å². The molecule has 2 N–H and O–H groups in total. The number of hydrogen-bond donors (Lipinski definition) is 2. The van der Waals surface area contributed by atoms with Gasteiger partial charge in [0.15, 0.2) is 0 Å². The lowest BCUT2D eigenvalue weighted by Crippen LogP contribution is -2.34. The first kappa shape index (κ1) is 72.1. The summed E-state index contributed by atoms with van der Waals surface area (Å²) in [5.41, 5.74) is 0. The van der Waals surface area contributed by atoms with Crippen LogP contribution in [0.3, 0.4) is 0 Å². The van der Waals surface area contributed by atoms with E-state index in [1.807, 2.05) is 22.7 Å². The first-order valence-corrected chi connectivity index (χ1v) is 32.5. The van der Waals surface area contributed by atoms with Crippen LogP contribution in [0.25, 0.3) is 0 Å². The minimum atomic E-state index is -0.250. The number of ether oxygens (including phenoxy) is 2. The molecule has 0 aromatic heterocycles. The number of nitrogens with one attached hydrogen (secondary N) is 1. The number of likely N-dealkylation sites (tertiary alicyclic amines) is 1. The molecular weight excluding hydrogens is 939 g/mol. The van der Waals surface area contributed by atoms with Crippen molar-refractivity contribution in [3.05, 3.63) is 24.3 Å². The molecule has 424 valence electrons. The fraction of sp³-hybridized carbons (Fsp3) is 0.867. The van der Waals surface area contributed by atoms with Crippen molar-refractivity contribution in [2.75, 3.05) is 71.0 Å². The monoisotopic (exact) mass is 1050 g/mol. The van der Waals surface area contributed by atoms with E-state index in [-0.39, 0.29) is 18.5 Å². The van der Waals surface area contributed by atoms with Crippen molar-refractivity contribution in [2.24, 2.45) is 0 Å². The summed E-state index contributed by atoms with van der Waals surface area (Å²) in [6.45, 7) is 11.2. The van der Waals surface area contributed by atoms with Crippen molar-refractivity contribution in [3.8, 4) is 0 Å². The van der Waals surface area contributed by atoms with E-state index in [1.165, 1.54) is 206 Å². The molecule has 0 aliphatic carbocycles. The number of carbonyl (C=O) groups is 4. The first-order valence-electron chi connectivity index (χ1n) is 30.0. The lowest BCUT2D eigenvalue weighted by atomic mass is 10.1. The van der Waals surface area contributed by atoms with Gasteiger partial charge < -0.3 is 34.5 Å². The number of carboxylic acid groups (broad SMARTS) is 1. The van der Waals surface area contributed by atoms with Gasteiger partial charge in [-0.05, 0) is 123 Å². The molecule has 1 aliphatic heterocycles. The number of esters is 1. The number of hydrogen-bond acceptors (Lipinski definition) is 10. The third kappa shape index (κ3) is 60.5. The average molecular weight is 1050 g/mol. The van der Waals surface area contributed by atoms with Crippen LogP contribution < -0.4 is 5.32 Å². The van der Waals surface area contributed by atoms with E-state index in [9.17, 15) is 14.4 Å². The quantitative estimate of drug-likeness (QED) is 0.0199. The molecule has 0 saturated carbocycles. The highest BCUT2D eigenvalue weighted by atomic mass is 33.1. The number of aldehydes is 1. The number of allylic oxidation sites excluding steroid dienone is 4. The Morgan fingerprint density at radius 1 is 0.528 bits per heavy atom. The smallest absolute Gasteiger partial charge is 0.409 e. The Bertz CT molecular complexity index is 1170. The van der Waals surface area contributed by atoms with Gasteiger partial charge in [-0.1, -0.05) is 201 Å². The number of nitrogens with zero attached hydrogens (tertiary/aromatic N) is 2. The molecule has 0 spiro atoms. The molecule has 1 rings (SSSR count). The van der Waals surface area contributed by atoms with Crippen LogP contribution in [0, 0.1) is 0 Å². The summed E-state index contributed by atoms with van der Waals surface area (Å²) in [7, 11) is 5.53. The van der Waals surface area contributed by atoms with Gasteiger partial charge in [-0.2, -0.15) is 0 Å². The van der Waals surface area contributed by atoms with E-state index in [0.717, 1.165) is 88.8 Å². The molecule has 72 heavy (non-hydrogen) atoms. The molecule has 1 fully saturated rings. The zero-order valence-electron chi connectivity index (χ0n) is 47.2. The third-order valence-corrected chi connectivity index (χ3v) is 15.5. The fourth-order valence-corrected chi connectivity index (χ4v) is 10.5. The maximum absolute atomic E-state index is 13.0. The summed E-state index contributed by atoms with van der Waals surface area (Å²) >= 11 is 0. The van der Waals surface area contributed by atoms with Crippen LogP contribution in [-0.4, -0.2) is 111 Å². The maximum atomic E-state index is 13.0. The molecular formula is C60H115N3O7S2. The van der Waals surface area contributed by atoms with E-state index in [0.29, 0.717) is 26.2 Å². The van der Waals surface area contributed by atoms with Crippen molar-refractivity contribution in [1.29, 1.82) is 0 Å². The highest BCUT2D eigenvalue weighted by Gasteiger charge is 2.15. The second kappa shape index (κ2) is 65.1. The van der Waals surface area contributed by atoms with E-state index < -0.39 is 0 Å². The van der Waals surface area contributed by atoms with Crippen molar-refractivity contribution >= 4 is 46.4 Å². The predicted molar refractivity (Wildman–Crippen MR) is 314 cm³/mol. The van der Waals surface area contributed by atoms with Crippen molar-refractivity contribution in [1.82, 2.24) is 15.1 Å². The van der Waals surface area contributed by atoms with Crippen LogP contribution in [-0.2, 0) is 23.9 Å². The molecule has 0 bridgehead atoms. The van der Waals surface area contributed by atoms with E-state index >= 15 is 0 Å². The summed E-state index contributed by atoms with van der Waals surface area (Å²) in [5.74, 6) is 1.76. The summed E-state index contributed by atoms with van der Waals surface area (Å²) in [6.07, 6.45) is 58.2. The molecule has 0 aromatic carbocycles. The second-order valence-corrected chi connectivity index (χ2v) is 22.5. The van der Waals surface area contributed by atoms with Crippen LogP contribution >= 0.6 is 21.6 Å². The summed E-state index contributed by atoms with van der Waals surface area (Å²) < 4.78 is 11.2. The number of amides is 1. The van der Waals surface area contributed by atoms with Crippen molar-refractivity contribution in [3.63, 3.8) is 0 Å². The Morgan fingerprint density at radius 2 is 0.958 bits per heavy atom. The van der Waals surface area contributed by atoms with Crippen molar-refractivity contribution in [2.45, 2.75) is 264 Å². The summed E-state index contributed by atoms with van der Waals surface area (Å²) in [5, 5.41) is 10.0. The molecule has 0 radical (unpaired) electrons. The Hall–Kier alpha value is -2.02. The topological polar surface area (TPSA) is 125 Å². The molecule has 1 aliphatic rings. The standard InChI is InChI=1S/C49H94N2O4S2.C10H19NO.CH2O2/c1-4-6-8-10-12-14-16-18-20-21-22-23-25-27-29-31-33-35-37-42-51(49(53)55-45-47-57-56-46-41-50-3)43-38-39-44-54-48(52)40-36-34-32-30-28-26-24-19-17-15-13-11-9-7-5-2;12-10-6-5-9-11-7-3-1-2-4-8-11;2-1-3/h18-20,24,50H,4-17,21-23,25-47H2,1-3H3;10H,1-9H2;1H,(H,2,3)/b20-18-,24-19-;;. The van der Waals surface area contributed by atoms with E-state index in [4.69, 9.17) is 19.4 Å². The second-order valence-electron chi connectivity index (χ2n) is 19.8. The third-order valence-electron chi connectivity index (χ3n) is 13.1. The minimum absolute atomic E-state index is 0.0831. The zero-order chi connectivity index (χ0) is 52.7. The molecule has 1 heterocycles. The normalized spacial score (nSPS) is 12.8. The lowest BCUT2D eigenvalue weighted by molar-refractivity contribution is -0.144. The van der Waals surface area contributed by atoms with Crippen LogP contribution in [0.15, 0.2) is 24.3 Å². The average Bonchev–Trinajstić information content (AvgIpc) is 3.66. The van der Waals surface area contributed by atoms with Crippen molar-refractivity contribution < 1.29 is 33.8 Å². The Kier molecular flexibility index (Phi) is 65.1. The van der Waals surface area contributed by atoms with Gasteiger partial charge in [0.1, 0.15) is 12.9 Å². The summed E-state index contributed by atoms with van der Waals surface area (Å²) in [6, 6.07) is 0. The zero-order valence-corrected chi connectivity index (χ0v) is 48.9. The number of carbonyl (C=O) groups excluding carboxylic acids is 3. The Balaban J connectivity index is 0. The molecule has 12 heteroatoms. The van der Waals surface area contributed by atoms with E-state index in [1.54, 1.807) is 10.8 Å². The van der Waals surface area contributed by atoms with Gasteiger partial charge in [0.05, 0.1) is 6.61 Å². The van der Waals surface area contributed by atoms with Gasteiger partial charge in [-0.3, -0.25) is 9.59 Å². The van der Waals surface area contributed by atoms with Gasteiger partial charge in [0.25, 0.3) is 6.47 Å². The Morgan fingerprint density at radius 3 is 1.43 bits per heavy atom. The van der Waals surface area contributed by atoms with Gasteiger partial charge in [-0.15, -0.1) is 0 Å². The first-order chi connectivity index (χ1) is 35.5. The fourth-order valence-electron chi connectivity index (χ4n) is 8.65. The largest absolute Gasteiger partial charge is 0.483 e. The highest BCUT2D eigenvalue weighted by molar-refractivity contribution is 8.76. The predicted octanol–water partition coefficient (Wildman–Crippen LogP) is 17.1. The minimum Gasteiger partial charge on any atom is -0.483 e.